The van der Waals surface area contributed by atoms with Crippen molar-refractivity contribution in [2.45, 2.75) is 12.4 Å². The van der Waals surface area contributed by atoms with Crippen LogP contribution in [-0.2, 0) is 12.4 Å². The van der Waals surface area contributed by atoms with E-state index in [1.54, 1.807) is 9.13 Å². The lowest BCUT2D eigenvalue weighted by molar-refractivity contribution is -0.142. The standard InChI is InChI=1S/C51H29F6N3/c52-50(53,54)41-18-11-19-42(51(55,56)57)49(41)35-28-47(59-43-20-9-7-16-36(43)38-24-22-33(26-45(38)59)31-12-3-1-4-13-31)40(30-58)48(29-35)60-44-21-10-8-17-37(44)39-25-23-34(27-46(39)60)32-14-5-2-6-15-32/h1-29H. The van der Waals surface area contributed by atoms with Crippen LogP contribution in [0.1, 0.15) is 16.7 Å². The zero-order chi connectivity index (χ0) is 41.3. The van der Waals surface area contributed by atoms with Crippen LogP contribution in [0.3, 0.4) is 0 Å². The Morgan fingerprint density at radius 2 is 0.767 bits per heavy atom. The van der Waals surface area contributed by atoms with Gasteiger partial charge < -0.3 is 9.13 Å². The summed E-state index contributed by atoms with van der Waals surface area (Å²) in [5, 5.41) is 14.5. The Hall–Kier alpha value is -7.57. The smallest absolute Gasteiger partial charge is 0.308 e. The molecule has 0 N–H and O–H groups in total. The minimum Gasteiger partial charge on any atom is -0.308 e. The second kappa shape index (κ2) is 13.8. The summed E-state index contributed by atoms with van der Waals surface area (Å²) in [4.78, 5) is 0. The third kappa shape index (κ3) is 5.91. The second-order valence-corrected chi connectivity index (χ2v) is 14.6. The normalized spacial score (nSPS) is 12.2. The average molecular weight is 798 g/mol. The number of alkyl halides is 6. The highest BCUT2D eigenvalue weighted by atomic mass is 19.4. The summed E-state index contributed by atoms with van der Waals surface area (Å²) < 4.78 is 93.6. The quantitative estimate of drug-likeness (QED) is 0.160. The van der Waals surface area contributed by atoms with Crippen LogP contribution in [0.15, 0.2) is 176 Å². The zero-order valence-electron chi connectivity index (χ0n) is 31.4. The first kappa shape index (κ1) is 36.7. The fourth-order valence-corrected chi connectivity index (χ4v) is 8.64. The molecule has 3 nitrogen and oxygen atoms in total. The summed E-state index contributed by atoms with van der Waals surface area (Å²) in [6, 6.07) is 52.9. The minimum atomic E-state index is -5.15. The Labute approximate surface area is 339 Å². The number of para-hydroxylation sites is 2. The number of hydrogen-bond donors (Lipinski definition) is 0. The summed E-state index contributed by atoms with van der Waals surface area (Å²) in [7, 11) is 0. The van der Waals surface area contributed by atoms with Gasteiger partial charge in [-0.2, -0.15) is 31.6 Å². The number of benzene rings is 8. The predicted molar refractivity (Wildman–Crippen MR) is 226 cm³/mol. The van der Waals surface area contributed by atoms with Gasteiger partial charge in [-0.3, -0.25) is 0 Å². The molecule has 0 atom stereocenters. The summed E-state index contributed by atoms with van der Waals surface area (Å²) in [5.41, 5.74) is 1.97. The Morgan fingerprint density at radius 1 is 0.367 bits per heavy atom. The average Bonchev–Trinajstić information content (AvgIpc) is 3.77. The molecule has 0 unspecified atom stereocenters. The lowest BCUT2D eigenvalue weighted by atomic mass is 9.91. The van der Waals surface area contributed by atoms with E-state index in [-0.39, 0.29) is 22.5 Å². The summed E-state index contributed by atoms with van der Waals surface area (Å²) in [6.07, 6.45) is -10.3. The lowest BCUT2D eigenvalue weighted by Crippen LogP contribution is -2.15. The van der Waals surface area contributed by atoms with Gasteiger partial charge in [-0.15, -0.1) is 0 Å². The molecule has 0 aliphatic heterocycles. The van der Waals surface area contributed by atoms with Crippen LogP contribution < -0.4 is 0 Å². The fraction of sp³-hybridized carbons (Fsp3) is 0.0392. The number of nitrogens with zero attached hydrogens (tertiary/aromatic N) is 3. The predicted octanol–water partition coefficient (Wildman–Crippen LogP) is 14.8. The first-order chi connectivity index (χ1) is 29.0. The summed E-state index contributed by atoms with van der Waals surface area (Å²) >= 11 is 0. The Morgan fingerprint density at radius 3 is 1.18 bits per heavy atom. The van der Waals surface area contributed by atoms with Crippen molar-refractivity contribution in [3.05, 3.63) is 193 Å². The van der Waals surface area contributed by atoms with Crippen LogP contribution >= 0.6 is 0 Å². The van der Waals surface area contributed by atoms with Crippen molar-refractivity contribution in [1.29, 1.82) is 5.26 Å². The van der Waals surface area contributed by atoms with Crippen LogP contribution in [0.5, 0.6) is 0 Å². The van der Waals surface area contributed by atoms with Gasteiger partial charge in [0.25, 0.3) is 0 Å². The van der Waals surface area contributed by atoms with Crippen LogP contribution in [0.25, 0.3) is 88.4 Å². The molecule has 0 amide bonds. The molecule has 0 aliphatic carbocycles. The van der Waals surface area contributed by atoms with E-state index in [1.807, 2.05) is 146 Å². The van der Waals surface area contributed by atoms with Gasteiger partial charge in [0.15, 0.2) is 0 Å². The van der Waals surface area contributed by atoms with Gasteiger partial charge in [-0.25, -0.2) is 0 Å². The molecule has 2 heterocycles. The fourth-order valence-electron chi connectivity index (χ4n) is 8.64. The molecule has 9 heteroatoms. The van der Waals surface area contributed by atoms with E-state index in [1.165, 1.54) is 12.1 Å². The van der Waals surface area contributed by atoms with Crippen LogP contribution in [0, 0.1) is 11.3 Å². The molecule has 0 saturated carbocycles. The van der Waals surface area contributed by atoms with Crippen molar-refractivity contribution in [2.75, 3.05) is 0 Å². The van der Waals surface area contributed by atoms with Crippen molar-refractivity contribution in [1.82, 2.24) is 9.13 Å². The number of rotatable bonds is 5. The Bertz CT molecular complexity index is 3140. The molecule has 290 valence electrons. The number of fused-ring (bicyclic) bond motifs is 6. The largest absolute Gasteiger partial charge is 0.417 e. The Kier molecular flexibility index (Phi) is 8.44. The maximum Gasteiger partial charge on any atom is 0.417 e. The highest BCUT2D eigenvalue weighted by Gasteiger charge is 2.41. The van der Waals surface area contributed by atoms with E-state index in [4.69, 9.17) is 0 Å². The number of nitriles is 1. The third-order valence-electron chi connectivity index (χ3n) is 11.2. The highest BCUT2D eigenvalue weighted by molar-refractivity contribution is 6.12. The van der Waals surface area contributed by atoms with E-state index in [0.717, 1.165) is 49.9 Å². The van der Waals surface area contributed by atoms with Gasteiger partial charge in [0.1, 0.15) is 11.6 Å². The molecule has 0 bridgehead atoms. The molecular weight excluding hydrogens is 769 g/mol. The molecule has 8 aromatic carbocycles. The van der Waals surface area contributed by atoms with Gasteiger partial charge >= 0.3 is 12.4 Å². The van der Waals surface area contributed by atoms with Gasteiger partial charge in [-0.05, 0) is 76.3 Å². The van der Waals surface area contributed by atoms with Gasteiger partial charge in [0.2, 0.25) is 0 Å². The van der Waals surface area contributed by atoms with Crippen LogP contribution in [0.2, 0.25) is 0 Å². The van der Waals surface area contributed by atoms with Crippen molar-refractivity contribution in [2.24, 2.45) is 0 Å². The lowest BCUT2D eigenvalue weighted by Gasteiger charge is -2.22. The zero-order valence-corrected chi connectivity index (χ0v) is 31.4. The first-order valence-electron chi connectivity index (χ1n) is 19.0. The van der Waals surface area contributed by atoms with Gasteiger partial charge in [-0.1, -0.05) is 127 Å². The highest BCUT2D eigenvalue weighted by Crippen LogP contribution is 2.48. The minimum absolute atomic E-state index is 0.0531. The first-order valence-corrected chi connectivity index (χ1v) is 19.0. The number of hydrogen-bond acceptors (Lipinski definition) is 1. The molecule has 0 fully saturated rings. The SMILES string of the molecule is N#Cc1c(-n2c3ccccc3c3ccc(-c4ccccc4)cc32)cc(-c2c(C(F)(F)F)cccc2C(F)(F)F)cc1-n1c2ccccc2c2ccc(-c3ccccc3)cc21. The van der Waals surface area contributed by atoms with Crippen molar-refractivity contribution < 1.29 is 26.3 Å². The van der Waals surface area contributed by atoms with Gasteiger partial charge in [0, 0.05) is 27.1 Å². The maximum absolute atomic E-state index is 15.0. The summed E-state index contributed by atoms with van der Waals surface area (Å²) in [6.45, 7) is 0. The van der Waals surface area contributed by atoms with Crippen LogP contribution in [-0.4, -0.2) is 9.13 Å². The summed E-state index contributed by atoms with van der Waals surface area (Å²) in [5.74, 6) is 0. The molecule has 0 radical (unpaired) electrons. The number of halogens is 6. The van der Waals surface area contributed by atoms with Crippen LogP contribution in [0.4, 0.5) is 26.3 Å². The molecule has 10 aromatic rings. The van der Waals surface area contributed by atoms with Crippen molar-refractivity contribution in [3.8, 4) is 50.8 Å². The van der Waals surface area contributed by atoms with E-state index in [0.29, 0.717) is 34.2 Å². The van der Waals surface area contributed by atoms with Gasteiger partial charge in [0.05, 0.1) is 44.6 Å². The molecular formula is C51H29F6N3. The topological polar surface area (TPSA) is 33.6 Å². The molecule has 0 aliphatic rings. The second-order valence-electron chi connectivity index (χ2n) is 14.6. The maximum atomic E-state index is 15.0. The van der Waals surface area contributed by atoms with E-state index in [2.05, 4.69) is 6.07 Å². The monoisotopic (exact) mass is 797 g/mol. The molecule has 2 aromatic heterocycles. The van der Waals surface area contributed by atoms with E-state index < -0.39 is 29.0 Å². The Balaban J connectivity index is 1.40. The van der Waals surface area contributed by atoms with Crippen molar-refractivity contribution >= 4 is 43.6 Å². The number of aromatic nitrogens is 2. The molecule has 0 saturated heterocycles. The van der Waals surface area contributed by atoms with E-state index in [9.17, 15) is 5.26 Å². The van der Waals surface area contributed by atoms with E-state index >= 15 is 26.3 Å². The van der Waals surface area contributed by atoms with Crippen molar-refractivity contribution in [3.63, 3.8) is 0 Å². The molecule has 10 rings (SSSR count). The molecule has 60 heavy (non-hydrogen) atoms. The third-order valence-corrected chi connectivity index (χ3v) is 11.2. The molecule has 0 spiro atoms.